The van der Waals surface area contributed by atoms with Crippen LogP contribution in [-0.4, -0.2) is 0 Å². The lowest BCUT2D eigenvalue weighted by molar-refractivity contribution is 0.669. The van der Waals surface area contributed by atoms with Gasteiger partial charge in [-0.15, -0.1) is 0 Å². The summed E-state index contributed by atoms with van der Waals surface area (Å²) in [5.74, 6) is 0. The summed E-state index contributed by atoms with van der Waals surface area (Å²) in [6.45, 7) is 0. The van der Waals surface area contributed by atoms with Crippen LogP contribution in [0.1, 0.15) is 0 Å². The molecule has 0 aliphatic rings. The molecule has 1 aromatic heterocycles. The Hall–Kier alpha value is -7.68. The topological polar surface area (TPSA) is 16.4 Å². The molecule has 0 saturated carbocycles. The van der Waals surface area contributed by atoms with E-state index in [0.29, 0.717) is 0 Å². The lowest BCUT2D eigenvalue weighted by Gasteiger charge is -2.28. The van der Waals surface area contributed by atoms with Gasteiger partial charge in [0, 0.05) is 27.7 Å². The number of anilines is 3. The second-order valence-electron chi connectivity index (χ2n) is 14.9. The summed E-state index contributed by atoms with van der Waals surface area (Å²) in [5, 5.41) is 7.25. The van der Waals surface area contributed by atoms with Crippen molar-refractivity contribution in [2.24, 2.45) is 0 Å². The summed E-state index contributed by atoms with van der Waals surface area (Å²) < 4.78 is 6.37. The number of benzene rings is 10. The Bertz CT molecular complexity index is 3280. The van der Waals surface area contributed by atoms with Gasteiger partial charge in [0.05, 0.1) is 5.69 Å². The maximum absolute atomic E-state index is 6.37. The van der Waals surface area contributed by atoms with Gasteiger partial charge in [0.15, 0.2) is 0 Å². The van der Waals surface area contributed by atoms with E-state index in [9.17, 15) is 0 Å². The largest absolute Gasteiger partial charge is 0.456 e. The van der Waals surface area contributed by atoms with Crippen LogP contribution in [0.5, 0.6) is 0 Å². The van der Waals surface area contributed by atoms with Gasteiger partial charge < -0.3 is 9.32 Å². The number of hydrogen-bond donors (Lipinski definition) is 0. The van der Waals surface area contributed by atoms with Gasteiger partial charge in [-0.1, -0.05) is 170 Å². The lowest BCUT2D eigenvalue weighted by atomic mass is 9.96. The van der Waals surface area contributed by atoms with E-state index >= 15 is 0 Å². The molecule has 10 aromatic carbocycles. The first-order valence-corrected chi connectivity index (χ1v) is 19.8. The number of nitrogens with zero attached hydrogens (tertiary/aromatic N) is 1. The molecule has 0 atom stereocenters. The van der Waals surface area contributed by atoms with E-state index in [1.54, 1.807) is 0 Å². The smallest absolute Gasteiger partial charge is 0.136 e. The van der Waals surface area contributed by atoms with E-state index in [1.165, 1.54) is 49.4 Å². The summed E-state index contributed by atoms with van der Waals surface area (Å²) in [4.78, 5) is 2.39. The van der Waals surface area contributed by atoms with Gasteiger partial charge in [-0.05, 0) is 115 Å². The Balaban J connectivity index is 1.01. The van der Waals surface area contributed by atoms with E-state index in [2.05, 4.69) is 217 Å². The molecule has 272 valence electrons. The maximum atomic E-state index is 6.37. The molecule has 11 aromatic rings. The number of furan rings is 1. The van der Waals surface area contributed by atoms with Crippen molar-refractivity contribution >= 4 is 60.5 Å². The van der Waals surface area contributed by atoms with E-state index in [4.69, 9.17) is 4.42 Å². The van der Waals surface area contributed by atoms with Crippen LogP contribution in [0.25, 0.3) is 88.0 Å². The molecule has 0 aliphatic carbocycles. The Morgan fingerprint density at radius 3 is 1.72 bits per heavy atom. The van der Waals surface area contributed by atoms with Gasteiger partial charge in [-0.25, -0.2) is 0 Å². The quantitative estimate of drug-likeness (QED) is 0.162. The molecular formula is C56H37NO. The first-order valence-electron chi connectivity index (χ1n) is 19.8. The molecular weight excluding hydrogens is 703 g/mol. The number of para-hydroxylation sites is 2. The van der Waals surface area contributed by atoms with Gasteiger partial charge in [-0.3, -0.25) is 0 Å². The predicted molar refractivity (Wildman–Crippen MR) is 245 cm³/mol. The van der Waals surface area contributed by atoms with Crippen molar-refractivity contribution in [3.63, 3.8) is 0 Å². The van der Waals surface area contributed by atoms with Crippen molar-refractivity contribution in [2.45, 2.75) is 0 Å². The SMILES string of the molecule is c1cc(-c2ccc3ccccc3c2)cc(N(c2ccc(-c3ccc(-c4cccc5ccccc45)cc3)cc2)c2ccccc2-c2ccc3c(c2)oc2ccccc23)c1. The molecule has 1 heterocycles. The Labute approximate surface area is 337 Å². The highest BCUT2D eigenvalue weighted by Gasteiger charge is 2.19. The minimum atomic E-state index is 0.883. The fourth-order valence-electron chi connectivity index (χ4n) is 8.55. The van der Waals surface area contributed by atoms with Crippen LogP contribution in [0.3, 0.4) is 0 Å². The van der Waals surface area contributed by atoms with Crippen molar-refractivity contribution in [3.05, 3.63) is 224 Å². The lowest BCUT2D eigenvalue weighted by Crippen LogP contribution is -2.11. The van der Waals surface area contributed by atoms with Crippen LogP contribution in [0.15, 0.2) is 229 Å². The van der Waals surface area contributed by atoms with Gasteiger partial charge in [0.25, 0.3) is 0 Å². The molecule has 0 spiro atoms. The standard InChI is InChI=1S/C56H37NO/c1-2-13-43-35-45(28-25-38(43)11-1)44-15-9-16-48(36-44)57(54-21-7-5-18-51(54)46-31-34-53-52-19-6-8-22-55(52)58-56(53)37-46)47-32-29-40(30-33-47)39-23-26-42(27-24-39)50-20-10-14-41-12-3-4-17-49(41)50/h1-37H. The second-order valence-corrected chi connectivity index (χ2v) is 14.9. The first-order chi connectivity index (χ1) is 28.7. The summed E-state index contributed by atoms with van der Waals surface area (Å²) in [5.41, 5.74) is 14.4. The minimum Gasteiger partial charge on any atom is -0.456 e. The predicted octanol–water partition coefficient (Wildman–Crippen LogP) is 16.0. The number of hydrogen-bond acceptors (Lipinski definition) is 2. The van der Waals surface area contributed by atoms with Gasteiger partial charge in [0.2, 0.25) is 0 Å². The molecule has 0 amide bonds. The van der Waals surface area contributed by atoms with Crippen LogP contribution in [-0.2, 0) is 0 Å². The molecule has 2 heteroatoms. The summed E-state index contributed by atoms with van der Waals surface area (Å²) >= 11 is 0. The normalized spacial score (nSPS) is 11.4. The van der Waals surface area contributed by atoms with Gasteiger partial charge in [0.1, 0.15) is 11.2 Å². The van der Waals surface area contributed by atoms with Crippen molar-refractivity contribution in [3.8, 4) is 44.5 Å². The molecule has 0 unspecified atom stereocenters. The molecule has 0 saturated heterocycles. The van der Waals surface area contributed by atoms with Crippen molar-refractivity contribution in [1.29, 1.82) is 0 Å². The molecule has 11 rings (SSSR count). The van der Waals surface area contributed by atoms with E-state index in [-0.39, 0.29) is 0 Å². The molecule has 0 radical (unpaired) electrons. The third-order valence-electron chi connectivity index (χ3n) is 11.5. The molecule has 0 fully saturated rings. The molecule has 0 bridgehead atoms. The molecule has 0 aliphatic heterocycles. The highest BCUT2D eigenvalue weighted by atomic mass is 16.3. The first kappa shape index (κ1) is 33.6. The zero-order valence-corrected chi connectivity index (χ0v) is 31.7. The molecule has 2 nitrogen and oxygen atoms in total. The third-order valence-corrected chi connectivity index (χ3v) is 11.5. The number of fused-ring (bicyclic) bond motifs is 5. The van der Waals surface area contributed by atoms with Gasteiger partial charge >= 0.3 is 0 Å². The second kappa shape index (κ2) is 14.1. The van der Waals surface area contributed by atoms with Crippen LogP contribution in [0, 0.1) is 0 Å². The zero-order chi connectivity index (χ0) is 38.4. The van der Waals surface area contributed by atoms with Crippen LogP contribution >= 0.6 is 0 Å². The van der Waals surface area contributed by atoms with Crippen molar-refractivity contribution in [1.82, 2.24) is 0 Å². The van der Waals surface area contributed by atoms with Crippen LogP contribution in [0.2, 0.25) is 0 Å². The van der Waals surface area contributed by atoms with E-state index in [1.807, 2.05) is 12.1 Å². The molecule has 0 N–H and O–H groups in total. The Morgan fingerprint density at radius 2 is 0.862 bits per heavy atom. The summed E-state index contributed by atoms with van der Waals surface area (Å²) in [7, 11) is 0. The van der Waals surface area contributed by atoms with Crippen molar-refractivity contribution in [2.75, 3.05) is 4.90 Å². The monoisotopic (exact) mass is 739 g/mol. The third kappa shape index (κ3) is 6.00. The van der Waals surface area contributed by atoms with E-state index in [0.717, 1.165) is 55.7 Å². The fraction of sp³-hybridized carbons (Fsp3) is 0. The van der Waals surface area contributed by atoms with Crippen LogP contribution in [0.4, 0.5) is 17.1 Å². The average molecular weight is 740 g/mol. The highest BCUT2D eigenvalue weighted by molar-refractivity contribution is 6.06. The summed E-state index contributed by atoms with van der Waals surface area (Å²) in [6.07, 6.45) is 0. The van der Waals surface area contributed by atoms with Crippen LogP contribution < -0.4 is 4.90 Å². The molecule has 58 heavy (non-hydrogen) atoms. The number of rotatable bonds is 7. The zero-order valence-electron chi connectivity index (χ0n) is 31.7. The average Bonchev–Trinajstić information content (AvgIpc) is 3.67. The minimum absolute atomic E-state index is 0.883. The van der Waals surface area contributed by atoms with Crippen molar-refractivity contribution < 1.29 is 4.42 Å². The summed E-state index contributed by atoms with van der Waals surface area (Å²) in [6, 6.07) is 80.8. The van der Waals surface area contributed by atoms with E-state index < -0.39 is 0 Å². The van der Waals surface area contributed by atoms with Gasteiger partial charge in [-0.2, -0.15) is 0 Å². The Morgan fingerprint density at radius 1 is 0.276 bits per heavy atom. The maximum Gasteiger partial charge on any atom is 0.136 e. The Kier molecular flexibility index (Phi) is 8.19. The highest BCUT2D eigenvalue weighted by Crippen LogP contribution is 2.44. The fourth-order valence-corrected chi connectivity index (χ4v) is 8.55.